The molecule has 0 bridgehead atoms. The maximum absolute atomic E-state index is 12.7. The lowest BCUT2D eigenvalue weighted by atomic mass is 10.2. The average molecular weight is 369 g/mol. The third-order valence-corrected chi connectivity index (χ3v) is 3.79. The number of hydrogen-bond acceptors (Lipinski definition) is 6. The van der Waals surface area contributed by atoms with E-state index < -0.39 is 29.9 Å². The van der Waals surface area contributed by atoms with Crippen molar-refractivity contribution in [2.45, 2.75) is 38.0 Å². The molecule has 0 saturated carbocycles. The van der Waals surface area contributed by atoms with Gasteiger partial charge in [0, 0.05) is 18.2 Å². The Kier molecular flexibility index (Phi) is 4.62. The molecule has 1 aliphatic heterocycles. The maximum Gasteiger partial charge on any atom is 0.433 e. The second-order valence-corrected chi connectivity index (χ2v) is 5.77. The molecule has 1 saturated heterocycles. The summed E-state index contributed by atoms with van der Waals surface area (Å²) >= 11 is 0. The Morgan fingerprint density at radius 2 is 2.23 bits per heavy atom. The SMILES string of the molecule is CC(NC(=O)[C@@H]1CCC(=O)N1)c1nc(-c2ccnc(C(F)(F)F)c2)no1. The molecule has 11 heteroatoms. The molecular formula is C15H14F3N5O3. The third kappa shape index (κ3) is 3.81. The van der Waals surface area contributed by atoms with Crippen LogP contribution in [-0.4, -0.2) is 33.0 Å². The summed E-state index contributed by atoms with van der Waals surface area (Å²) in [5.74, 6) is -0.617. The quantitative estimate of drug-likeness (QED) is 0.847. The fourth-order valence-corrected chi connectivity index (χ4v) is 2.44. The highest BCUT2D eigenvalue weighted by molar-refractivity contribution is 5.90. The summed E-state index contributed by atoms with van der Waals surface area (Å²) in [4.78, 5) is 30.5. The van der Waals surface area contributed by atoms with Gasteiger partial charge in [-0.2, -0.15) is 18.2 Å². The minimum Gasteiger partial charge on any atom is -0.344 e. The predicted molar refractivity (Wildman–Crippen MR) is 80.3 cm³/mol. The minimum atomic E-state index is -4.59. The maximum atomic E-state index is 12.7. The van der Waals surface area contributed by atoms with E-state index in [0.29, 0.717) is 6.42 Å². The first kappa shape index (κ1) is 17.8. The highest BCUT2D eigenvalue weighted by Gasteiger charge is 2.33. The van der Waals surface area contributed by atoms with Crippen LogP contribution in [0.25, 0.3) is 11.4 Å². The van der Waals surface area contributed by atoms with Crippen molar-refractivity contribution in [3.05, 3.63) is 29.9 Å². The first-order valence-corrected chi connectivity index (χ1v) is 7.71. The van der Waals surface area contributed by atoms with Crippen LogP contribution in [0.15, 0.2) is 22.9 Å². The molecule has 2 N–H and O–H groups in total. The lowest BCUT2D eigenvalue weighted by Crippen LogP contribution is -2.42. The van der Waals surface area contributed by atoms with E-state index in [1.165, 1.54) is 6.07 Å². The summed E-state index contributed by atoms with van der Waals surface area (Å²) in [5, 5.41) is 8.79. The number of alkyl halides is 3. The Morgan fingerprint density at radius 3 is 2.88 bits per heavy atom. The zero-order valence-corrected chi connectivity index (χ0v) is 13.5. The summed E-state index contributed by atoms with van der Waals surface area (Å²) in [7, 11) is 0. The van der Waals surface area contributed by atoms with Crippen LogP contribution in [-0.2, 0) is 15.8 Å². The molecule has 138 valence electrons. The van der Waals surface area contributed by atoms with Crippen LogP contribution in [0, 0.1) is 0 Å². The second kappa shape index (κ2) is 6.73. The smallest absolute Gasteiger partial charge is 0.344 e. The molecule has 0 aromatic carbocycles. The fourth-order valence-electron chi connectivity index (χ4n) is 2.44. The molecule has 3 heterocycles. The summed E-state index contributed by atoms with van der Waals surface area (Å²) in [6.45, 7) is 1.58. The monoisotopic (exact) mass is 369 g/mol. The van der Waals surface area contributed by atoms with Gasteiger partial charge in [-0.05, 0) is 25.5 Å². The third-order valence-electron chi connectivity index (χ3n) is 3.79. The zero-order chi connectivity index (χ0) is 18.9. The predicted octanol–water partition coefficient (Wildman–Crippen LogP) is 1.61. The Balaban J connectivity index is 1.71. The molecule has 1 unspecified atom stereocenters. The molecule has 2 aromatic heterocycles. The molecule has 2 aromatic rings. The number of amides is 2. The van der Waals surface area contributed by atoms with E-state index in [2.05, 4.69) is 25.8 Å². The number of rotatable bonds is 4. The number of halogens is 3. The first-order valence-electron chi connectivity index (χ1n) is 7.71. The second-order valence-electron chi connectivity index (χ2n) is 5.77. The number of nitrogens with one attached hydrogen (secondary N) is 2. The van der Waals surface area contributed by atoms with Gasteiger partial charge in [-0.3, -0.25) is 14.6 Å². The number of pyridine rings is 1. The van der Waals surface area contributed by atoms with Crippen molar-refractivity contribution in [1.29, 1.82) is 0 Å². The molecule has 0 spiro atoms. The van der Waals surface area contributed by atoms with E-state index in [1.807, 2.05) is 0 Å². The van der Waals surface area contributed by atoms with Crippen molar-refractivity contribution in [1.82, 2.24) is 25.8 Å². The highest BCUT2D eigenvalue weighted by atomic mass is 19.4. The van der Waals surface area contributed by atoms with Gasteiger partial charge in [0.2, 0.25) is 23.5 Å². The van der Waals surface area contributed by atoms with Crippen LogP contribution in [0.4, 0.5) is 13.2 Å². The summed E-state index contributed by atoms with van der Waals surface area (Å²) in [6.07, 6.45) is -2.91. The molecular weight excluding hydrogens is 355 g/mol. The van der Waals surface area contributed by atoms with Crippen molar-refractivity contribution in [3.8, 4) is 11.4 Å². The van der Waals surface area contributed by atoms with Crippen molar-refractivity contribution in [2.24, 2.45) is 0 Å². The van der Waals surface area contributed by atoms with E-state index in [0.717, 1.165) is 12.3 Å². The average Bonchev–Trinajstić information content (AvgIpc) is 3.23. The van der Waals surface area contributed by atoms with Gasteiger partial charge >= 0.3 is 6.18 Å². The van der Waals surface area contributed by atoms with Crippen molar-refractivity contribution < 1.29 is 27.3 Å². The Labute approximate surface area is 145 Å². The van der Waals surface area contributed by atoms with E-state index in [-0.39, 0.29) is 29.6 Å². The molecule has 2 atom stereocenters. The molecule has 0 aliphatic carbocycles. The van der Waals surface area contributed by atoms with Crippen LogP contribution in [0.3, 0.4) is 0 Å². The Bertz CT molecular complexity index is 836. The lowest BCUT2D eigenvalue weighted by molar-refractivity contribution is -0.141. The molecule has 1 fully saturated rings. The zero-order valence-electron chi connectivity index (χ0n) is 13.5. The van der Waals surface area contributed by atoms with Crippen molar-refractivity contribution in [3.63, 3.8) is 0 Å². The van der Waals surface area contributed by atoms with Gasteiger partial charge in [0.1, 0.15) is 17.8 Å². The molecule has 26 heavy (non-hydrogen) atoms. The van der Waals surface area contributed by atoms with E-state index in [1.54, 1.807) is 6.92 Å². The largest absolute Gasteiger partial charge is 0.433 e. The summed E-state index contributed by atoms with van der Waals surface area (Å²) < 4.78 is 43.2. The number of aromatic nitrogens is 3. The molecule has 8 nitrogen and oxygen atoms in total. The van der Waals surface area contributed by atoms with Crippen LogP contribution >= 0.6 is 0 Å². The van der Waals surface area contributed by atoms with E-state index >= 15 is 0 Å². The number of carbonyl (C=O) groups excluding carboxylic acids is 2. The van der Waals surface area contributed by atoms with Gasteiger partial charge in [-0.15, -0.1) is 0 Å². The number of carbonyl (C=O) groups is 2. The van der Waals surface area contributed by atoms with Crippen molar-refractivity contribution in [2.75, 3.05) is 0 Å². The van der Waals surface area contributed by atoms with Crippen LogP contribution in [0.1, 0.15) is 37.4 Å². The summed E-state index contributed by atoms with van der Waals surface area (Å²) in [6, 6.07) is 0.833. The molecule has 1 aliphatic rings. The number of hydrogen-bond donors (Lipinski definition) is 2. The Morgan fingerprint density at radius 1 is 1.46 bits per heavy atom. The van der Waals surface area contributed by atoms with Gasteiger partial charge in [0.25, 0.3) is 0 Å². The minimum absolute atomic E-state index is 0.0306. The standard InChI is InChI=1S/C15H14F3N5O3/c1-7(20-13(25)9-2-3-11(24)21-9)14-22-12(23-26-14)8-4-5-19-10(6-8)15(16,17)18/h4-7,9H,2-3H2,1H3,(H,20,25)(H,21,24)/t7?,9-/m0/s1. The van der Waals surface area contributed by atoms with Crippen LogP contribution < -0.4 is 10.6 Å². The van der Waals surface area contributed by atoms with Crippen LogP contribution in [0.2, 0.25) is 0 Å². The highest BCUT2D eigenvalue weighted by Crippen LogP contribution is 2.30. The normalized spacial score (nSPS) is 18.5. The van der Waals surface area contributed by atoms with E-state index in [4.69, 9.17) is 4.52 Å². The van der Waals surface area contributed by atoms with Crippen LogP contribution in [0.5, 0.6) is 0 Å². The topological polar surface area (TPSA) is 110 Å². The molecule has 3 rings (SSSR count). The van der Waals surface area contributed by atoms with Gasteiger partial charge in [-0.25, -0.2) is 0 Å². The van der Waals surface area contributed by atoms with Gasteiger partial charge < -0.3 is 15.2 Å². The van der Waals surface area contributed by atoms with Gasteiger partial charge in [0.05, 0.1) is 0 Å². The molecule has 2 amide bonds. The Hall–Kier alpha value is -2.98. The first-order chi connectivity index (χ1) is 12.2. The fraction of sp³-hybridized carbons (Fsp3) is 0.400. The number of nitrogens with zero attached hydrogens (tertiary/aromatic N) is 3. The summed E-state index contributed by atoms with van der Waals surface area (Å²) in [5.41, 5.74) is -0.983. The lowest BCUT2D eigenvalue weighted by Gasteiger charge is -2.13. The van der Waals surface area contributed by atoms with Gasteiger partial charge in [0.15, 0.2) is 0 Å². The van der Waals surface area contributed by atoms with Crippen molar-refractivity contribution >= 4 is 11.8 Å². The van der Waals surface area contributed by atoms with E-state index in [9.17, 15) is 22.8 Å². The van der Waals surface area contributed by atoms with Gasteiger partial charge in [-0.1, -0.05) is 5.16 Å². The molecule has 0 radical (unpaired) electrons.